The van der Waals surface area contributed by atoms with Crippen molar-refractivity contribution in [3.8, 4) is 0 Å². The Hall–Kier alpha value is -2.65. The minimum atomic E-state index is 0.746. The number of fused-ring (bicyclic) bond motifs is 2. The predicted octanol–water partition coefficient (Wildman–Crippen LogP) is 5.80. The van der Waals surface area contributed by atoms with Crippen LogP contribution in [0.3, 0.4) is 0 Å². The van der Waals surface area contributed by atoms with E-state index < -0.39 is 0 Å². The molecular formula is C20H16ClN3. The molecule has 118 valence electrons. The second-order valence-electron chi connectivity index (χ2n) is 5.94. The van der Waals surface area contributed by atoms with E-state index in [1.165, 1.54) is 11.1 Å². The Labute approximate surface area is 145 Å². The van der Waals surface area contributed by atoms with E-state index in [1.54, 1.807) is 6.33 Å². The van der Waals surface area contributed by atoms with Crippen molar-refractivity contribution >= 4 is 44.8 Å². The number of aryl methyl sites for hydroxylation is 2. The number of anilines is 2. The predicted molar refractivity (Wildman–Crippen MR) is 101 cm³/mol. The van der Waals surface area contributed by atoms with Crippen molar-refractivity contribution < 1.29 is 0 Å². The topological polar surface area (TPSA) is 37.8 Å². The summed E-state index contributed by atoms with van der Waals surface area (Å²) in [5, 5.41) is 7.31. The monoisotopic (exact) mass is 333 g/mol. The van der Waals surface area contributed by atoms with E-state index in [2.05, 4.69) is 47.3 Å². The Kier molecular flexibility index (Phi) is 3.58. The number of benzene rings is 3. The first-order valence-electron chi connectivity index (χ1n) is 7.80. The molecule has 4 aromatic rings. The molecule has 0 fully saturated rings. The standard InChI is InChI=1S/C20H16ClN3/c1-12-9-16-19(10-13(12)2)22-11-23-20(16)24-18-8-7-17(21)14-5-3-4-6-15(14)18/h3-11H,1-2H3,(H,22,23,24). The number of hydrogen-bond donors (Lipinski definition) is 1. The third-order valence-electron chi connectivity index (χ3n) is 4.37. The lowest BCUT2D eigenvalue weighted by Gasteiger charge is -2.13. The van der Waals surface area contributed by atoms with Crippen LogP contribution in [0.15, 0.2) is 54.9 Å². The molecule has 4 heteroatoms. The summed E-state index contributed by atoms with van der Waals surface area (Å²) in [4.78, 5) is 8.84. The van der Waals surface area contributed by atoms with E-state index >= 15 is 0 Å². The van der Waals surface area contributed by atoms with Gasteiger partial charge in [-0.3, -0.25) is 0 Å². The van der Waals surface area contributed by atoms with Crippen LogP contribution < -0.4 is 5.32 Å². The lowest BCUT2D eigenvalue weighted by atomic mass is 10.1. The third-order valence-corrected chi connectivity index (χ3v) is 4.70. The van der Waals surface area contributed by atoms with Crippen molar-refractivity contribution in [3.05, 3.63) is 71.0 Å². The van der Waals surface area contributed by atoms with Crippen LogP contribution in [0.2, 0.25) is 5.02 Å². The van der Waals surface area contributed by atoms with E-state index in [4.69, 9.17) is 11.6 Å². The van der Waals surface area contributed by atoms with Gasteiger partial charge in [0.25, 0.3) is 0 Å². The Balaban J connectivity index is 1.89. The summed E-state index contributed by atoms with van der Waals surface area (Å²) in [7, 11) is 0. The molecule has 1 heterocycles. The number of nitrogens with one attached hydrogen (secondary N) is 1. The maximum atomic E-state index is 6.31. The third kappa shape index (κ3) is 2.47. The Morgan fingerprint density at radius 2 is 1.58 bits per heavy atom. The zero-order valence-electron chi connectivity index (χ0n) is 13.5. The molecule has 0 radical (unpaired) electrons. The largest absolute Gasteiger partial charge is 0.339 e. The fraction of sp³-hybridized carbons (Fsp3) is 0.100. The van der Waals surface area contributed by atoms with Gasteiger partial charge in [0.1, 0.15) is 12.1 Å². The van der Waals surface area contributed by atoms with Gasteiger partial charge in [-0.25, -0.2) is 9.97 Å². The quantitative estimate of drug-likeness (QED) is 0.504. The molecule has 0 saturated heterocycles. The second-order valence-corrected chi connectivity index (χ2v) is 6.35. The van der Waals surface area contributed by atoms with Gasteiger partial charge in [0.2, 0.25) is 0 Å². The number of halogens is 1. The van der Waals surface area contributed by atoms with Gasteiger partial charge in [0, 0.05) is 26.9 Å². The fourth-order valence-corrected chi connectivity index (χ4v) is 3.14. The van der Waals surface area contributed by atoms with Gasteiger partial charge >= 0.3 is 0 Å². The molecule has 0 spiro atoms. The zero-order chi connectivity index (χ0) is 16.7. The van der Waals surface area contributed by atoms with Crippen molar-refractivity contribution in [2.24, 2.45) is 0 Å². The molecule has 0 aliphatic heterocycles. The molecule has 3 nitrogen and oxygen atoms in total. The van der Waals surface area contributed by atoms with Crippen molar-refractivity contribution in [2.45, 2.75) is 13.8 Å². The number of rotatable bonds is 2. The number of nitrogens with zero attached hydrogens (tertiary/aromatic N) is 2. The molecule has 24 heavy (non-hydrogen) atoms. The van der Waals surface area contributed by atoms with Crippen LogP contribution in [0, 0.1) is 13.8 Å². The van der Waals surface area contributed by atoms with Gasteiger partial charge in [-0.05, 0) is 49.2 Å². The van der Waals surface area contributed by atoms with Gasteiger partial charge in [-0.15, -0.1) is 0 Å². The first-order chi connectivity index (χ1) is 11.6. The first kappa shape index (κ1) is 14.9. The Bertz CT molecular complexity index is 1070. The Morgan fingerprint density at radius 3 is 2.42 bits per heavy atom. The van der Waals surface area contributed by atoms with E-state index in [1.807, 2.05) is 30.3 Å². The van der Waals surface area contributed by atoms with Crippen molar-refractivity contribution in [2.75, 3.05) is 5.32 Å². The molecule has 1 aromatic heterocycles. The van der Waals surface area contributed by atoms with E-state index in [0.29, 0.717) is 0 Å². The first-order valence-corrected chi connectivity index (χ1v) is 8.17. The highest BCUT2D eigenvalue weighted by molar-refractivity contribution is 6.36. The van der Waals surface area contributed by atoms with Crippen LogP contribution >= 0.6 is 11.6 Å². The SMILES string of the molecule is Cc1cc2ncnc(Nc3ccc(Cl)c4ccccc34)c2cc1C. The maximum absolute atomic E-state index is 6.31. The Morgan fingerprint density at radius 1 is 0.833 bits per heavy atom. The van der Waals surface area contributed by atoms with Crippen molar-refractivity contribution in [1.29, 1.82) is 0 Å². The second kappa shape index (κ2) is 5.77. The summed E-state index contributed by atoms with van der Waals surface area (Å²) in [5.74, 6) is 0.801. The molecule has 0 aliphatic carbocycles. The van der Waals surface area contributed by atoms with Crippen LogP contribution in [0.25, 0.3) is 21.7 Å². The van der Waals surface area contributed by atoms with Gasteiger partial charge in [0.15, 0.2) is 0 Å². The van der Waals surface area contributed by atoms with Crippen LogP contribution in [0.4, 0.5) is 11.5 Å². The van der Waals surface area contributed by atoms with E-state index in [9.17, 15) is 0 Å². The smallest absolute Gasteiger partial charge is 0.141 e. The summed E-state index contributed by atoms with van der Waals surface area (Å²) in [5.41, 5.74) is 4.37. The molecule has 1 N–H and O–H groups in total. The molecule has 0 aliphatic rings. The highest BCUT2D eigenvalue weighted by atomic mass is 35.5. The highest BCUT2D eigenvalue weighted by Gasteiger charge is 2.09. The van der Waals surface area contributed by atoms with Crippen LogP contribution in [0.1, 0.15) is 11.1 Å². The molecule has 4 rings (SSSR count). The average Bonchev–Trinajstić information content (AvgIpc) is 2.59. The van der Waals surface area contributed by atoms with Gasteiger partial charge in [0.05, 0.1) is 5.52 Å². The molecule has 0 unspecified atom stereocenters. The molecule has 0 saturated carbocycles. The van der Waals surface area contributed by atoms with Gasteiger partial charge in [-0.1, -0.05) is 35.9 Å². The van der Waals surface area contributed by atoms with Crippen molar-refractivity contribution in [3.63, 3.8) is 0 Å². The summed E-state index contributed by atoms with van der Waals surface area (Å²) in [6.45, 7) is 4.19. The lowest BCUT2D eigenvalue weighted by molar-refractivity contribution is 1.21. The van der Waals surface area contributed by atoms with E-state index in [0.717, 1.165) is 38.2 Å². The summed E-state index contributed by atoms with van der Waals surface area (Å²) in [6.07, 6.45) is 1.59. The molecule has 0 bridgehead atoms. The maximum Gasteiger partial charge on any atom is 0.141 e. The van der Waals surface area contributed by atoms with E-state index in [-0.39, 0.29) is 0 Å². The van der Waals surface area contributed by atoms with Crippen LogP contribution in [0.5, 0.6) is 0 Å². The van der Waals surface area contributed by atoms with Crippen LogP contribution in [-0.4, -0.2) is 9.97 Å². The minimum Gasteiger partial charge on any atom is -0.339 e. The number of aromatic nitrogens is 2. The van der Waals surface area contributed by atoms with Crippen molar-refractivity contribution in [1.82, 2.24) is 9.97 Å². The molecular weight excluding hydrogens is 318 g/mol. The summed E-state index contributed by atoms with van der Waals surface area (Å²) in [6, 6.07) is 16.2. The summed E-state index contributed by atoms with van der Waals surface area (Å²) >= 11 is 6.31. The normalized spacial score (nSPS) is 11.1. The van der Waals surface area contributed by atoms with Crippen LogP contribution in [-0.2, 0) is 0 Å². The molecule has 3 aromatic carbocycles. The highest BCUT2D eigenvalue weighted by Crippen LogP contribution is 2.33. The fourth-order valence-electron chi connectivity index (χ4n) is 2.91. The minimum absolute atomic E-state index is 0.746. The average molecular weight is 334 g/mol. The van der Waals surface area contributed by atoms with Gasteiger partial charge in [-0.2, -0.15) is 0 Å². The number of hydrogen-bond acceptors (Lipinski definition) is 3. The zero-order valence-corrected chi connectivity index (χ0v) is 14.2. The molecule has 0 amide bonds. The van der Waals surface area contributed by atoms with Gasteiger partial charge < -0.3 is 5.32 Å². The summed E-state index contributed by atoms with van der Waals surface area (Å²) < 4.78 is 0. The molecule has 0 atom stereocenters. The lowest BCUT2D eigenvalue weighted by Crippen LogP contribution is -1.98.